The summed E-state index contributed by atoms with van der Waals surface area (Å²) in [5, 5.41) is 3.98. The Morgan fingerprint density at radius 2 is 2.25 bits per heavy atom. The van der Waals surface area contributed by atoms with Crippen molar-refractivity contribution in [3.8, 4) is 0 Å². The summed E-state index contributed by atoms with van der Waals surface area (Å²) in [5.74, 6) is 1.44. The maximum atomic E-state index is 5.50. The summed E-state index contributed by atoms with van der Waals surface area (Å²) in [6.45, 7) is 6.63. The van der Waals surface area contributed by atoms with Gasteiger partial charge in [0.15, 0.2) is 0 Å². The molecule has 0 saturated carbocycles. The molecular weight excluding hydrogens is 206 g/mol. The second-order valence-electron chi connectivity index (χ2n) is 4.22. The summed E-state index contributed by atoms with van der Waals surface area (Å²) < 4.78 is 10.6. The van der Waals surface area contributed by atoms with Crippen LogP contribution in [-0.4, -0.2) is 23.8 Å². The number of aromatic nitrogens is 2. The molecule has 1 aromatic rings. The van der Waals surface area contributed by atoms with E-state index < -0.39 is 5.60 Å². The van der Waals surface area contributed by atoms with Gasteiger partial charge >= 0.3 is 0 Å². The lowest BCUT2D eigenvalue weighted by molar-refractivity contribution is -0.0106. The fraction of sp³-hybridized carbons (Fsp3) is 0.818. The zero-order valence-corrected chi connectivity index (χ0v) is 10.5. The van der Waals surface area contributed by atoms with Gasteiger partial charge in [-0.2, -0.15) is 4.98 Å². The number of hydrogen-bond donors (Lipinski definition) is 1. The smallest absolute Gasteiger partial charge is 0.229 e. The van der Waals surface area contributed by atoms with Crippen LogP contribution in [0.2, 0.25) is 0 Å². The van der Waals surface area contributed by atoms with Crippen LogP contribution in [0.25, 0.3) is 0 Å². The molecule has 0 fully saturated rings. The van der Waals surface area contributed by atoms with Crippen LogP contribution >= 0.6 is 0 Å². The Morgan fingerprint density at radius 1 is 1.56 bits per heavy atom. The number of nitrogens with two attached hydrogens (primary N) is 1. The maximum Gasteiger partial charge on any atom is 0.229 e. The average Bonchev–Trinajstić information content (AvgIpc) is 2.78. The fourth-order valence-corrected chi connectivity index (χ4v) is 1.42. The molecule has 0 aliphatic rings. The van der Waals surface area contributed by atoms with Crippen molar-refractivity contribution in [2.75, 3.05) is 13.7 Å². The van der Waals surface area contributed by atoms with E-state index in [1.165, 1.54) is 0 Å². The average molecular weight is 227 g/mol. The summed E-state index contributed by atoms with van der Waals surface area (Å²) in [4.78, 5) is 4.38. The summed E-state index contributed by atoms with van der Waals surface area (Å²) in [5.41, 5.74) is 5.03. The first-order chi connectivity index (χ1) is 7.57. The van der Waals surface area contributed by atoms with Crippen molar-refractivity contribution in [2.24, 2.45) is 5.73 Å². The van der Waals surface area contributed by atoms with Gasteiger partial charge in [0.1, 0.15) is 5.60 Å². The molecule has 5 nitrogen and oxygen atoms in total. The maximum absolute atomic E-state index is 5.50. The summed E-state index contributed by atoms with van der Waals surface area (Å²) >= 11 is 0. The Morgan fingerprint density at radius 3 is 2.75 bits per heavy atom. The molecule has 2 N–H and O–H groups in total. The molecule has 0 amide bonds. The summed E-state index contributed by atoms with van der Waals surface area (Å²) in [6, 6.07) is 0. The molecule has 5 heteroatoms. The molecule has 0 spiro atoms. The standard InChI is InChI=1S/C11H21N3O2/c1-5-11(3,15-4)10-13-9(16-14-10)8(2)6-7-12/h8H,5-7,12H2,1-4H3. The molecule has 1 heterocycles. The van der Waals surface area contributed by atoms with Crippen LogP contribution in [0.1, 0.15) is 51.2 Å². The SMILES string of the molecule is CCC(C)(OC)c1noc(C(C)CCN)n1. The third-order valence-electron chi connectivity index (χ3n) is 3.06. The highest BCUT2D eigenvalue weighted by Crippen LogP contribution is 2.27. The van der Waals surface area contributed by atoms with Crippen molar-refractivity contribution in [2.45, 2.75) is 45.1 Å². The van der Waals surface area contributed by atoms with E-state index in [0.717, 1.165) is 12.8 Å². The molecule has 1 aromatic heterocycles. The van der Waals surface area contributed by atoms with Crippen LogP contribution < -0.4 is 5.73 Å². The van der Waals surface area contributed by atoms with Crippen LogP contribution in [-0.2, 0) is 10.3 Å². The van der Waals surface area contributed by atoms with Gasteiger partial charge in [0.05, 0.1) is 0 Å². The van der Waals surface area contributed by atoms with E-state index in [9.17, 15) is 0 Å². The minimum Gasteiger partial charge on any atom is -0.370 e. The third-order valence-corrected chi connectivity index (χ3v) is 3.06. The molecule has 92 valence electrons. The van der Waals surface area contributed by atoms with Crippen molar-refractivity contribution in [1.82, 2.24) is 10.1 Å². The minimum absolute atomic E-state index is 0.198. The van der Waals surface area contributed by atoms with E-state index in [1.54, 1.807) is 7.11 Å². The van der Waals surface area contributed by atoms with E-state index in [2.05, 4.69) is 10.1 Å². The quantitative estimate of drug-likeness (QED) is 0.802. The lowest BCUT2D eigenvalue weighted by Crippen LogP contribution is -2.24. The molecular formula is C11H21N3O2. The second kappa shape index (κ2) is 5.41. The minimum atomic E-state index is -0.468. The van der Waals surface area contributed by atoms with Gasteiger partial charge in [0, 0.05) is 13.0 Å². The van der Waals surface area contributed by atoms with E-state index >= 15 is 0 Å². The number of rotatable bonds is 6. The Bertz CT molecular complexity index is 321. The van der Waals surface area contributed by atoms with E-state index in [0.29, 0.717) is 18.3 Å². The normalized spacial score (nSPS) is 17.1. The van der Waals surface area contributed by atoms with Gasteiger partial charge in [-0.05, 0) is 26.3 Å². The second-order valence-corrected chi connectivity index (χ2v) is 4.22. The molecule has 1 rings (SSSR count). The van der Waals surface area contributed by atoms with Crippen LogP contribution in [0.15, 0.2) is 4.52 Å². The van der Waals surface area contributed by atoms with Crippen molar-refractivity contribution in [1.29, 1.82) is 0 Å². The van der Waals surface area contributed by atoms with Crippen molar-refractivity contribution >= 4 is 0 Å². The van der Waals surface area contributed by atoms with Crippen LogP contribution in [0.4, 0.5) is 0 Å². The first kappa shape index (κ1) is 13.1. The predicted octanol–water partition coefficient (Wildman–Crippen LogP) is 1.79. The number of hydrogen-bond acceptors (Lipinski definition) is 5. The first-order valence-corrected chi connectivity index (χ1v) is 5.66. The lowest BCUT2D eigenvalue weighted by atomic mass is 10.0. The first-order valence-electron chi connectivity index (χ1n) is 5.66. The number of ether oxygens (including phenoxy) is 1. The highest BCUT2D eigenvalue weighted by atomic mass is 16.5. The van der Waals surface area contributed by atoms with Crippen molar-refractivity contribution < 1.29 is 9.26 Å². The molecule has 16 heavy (non-hydrogen) atoms. The van der Waals surface area contributed by atoms with Crippen molar-refractivity contribution in [3.63, 3.8) is 0 Å². The largest absolute Gasteiger partial charge is 0.370 e. The zero-order chi connectivity index (χ0) is 12.2. The van der Waals surface area contributed by atoms with Gasteiger partial charge in [-0.25, -0.2) is 0 Å². The molecule has 2 unspecified atom stereocenters. The van der Waals surface area contributed by atoms with Gasteiger partial charge in [0.2, 0.25) is 11.7 Å². The molecule has 0 aliphatic heterocycles. The summed E-state index contributed by atoms with van der Waals surface area (Å²) in [7, 11) is 1.66. The number of methoxy groups -OCH3 is 1. The topological polar surface area (TPSA) is 74.2 Å². The molecule has 0 aliphatic carbocycles. The number of nitrogens with zero attached hydrogens (tertiary/aromatic N) is 2. The van der Waals surface area contributed by atoms with Crippen LogP contribution in [0, 0.1) is 0 Å². The Balaban J connectivity index is 2.85. The van der Waals surface area contributed by atoms with E-state index in [4.69, 9.17) is 15.0 Å². The molecule has 2 atom stereocenters. The molecule has 0 bridgehead atoms. The molecule has 0 radical (unpaired) electrons. The monoisotopic (exact) mass is 227 g/mol. The predicted molar refractivity (Wildman–Crippen MR) is 61.0 cm³/mol. The third kappa shape index (κ3) is 2.59. The van der Waals surface area contributed by atoms with E-state index in [1.807, 2.05) is 20.8 Å². The van der Waals surface area contributed by atoms with Crippen LogP contribution in [0.3, 0.4) is 0 Å². The van der Waals surface area contributed by atoms with E-state index in [-0.39, 0.29) is 5.92 Å². The zero-order valence-electron chi connectivity index (χ0n) is 10.5. The Kier molecular flexibility index (Phi) is 4.44. The Hall–Kier alpha value is -0.940. The Labute approximate surface area is 96.4 Å². The fourth-order valence-electron chi connectivity index (χ4n) is 1.42. The van der Waals surface area contributed by atoms with Gasteiger partial charge in [-0.1, -0.05) is 19.0 Å². The van der Waals surface area contributed by atoms with Gasteiger partial charge in [-0.15, -0.1) is 0 Å². The summed E-state index contributed by atoms with van der Waals surface area (Å²) in [6.07, 6.45) is 1.64. The van der Waals surface area contributed by atoms with Crippen molar-refractivity contribution in [3.05, 3.63) is 11.7 Å². The highest BCUT2D eigenvalue weighted by Gasteiger charge is 2.30. The highest BCUT2D eigenvalue weighted by molar-refractivity contribution is 5.01. The molecule has 0 aromatic carbocycles. The van der Waals surface area contributed by atoms with Gasteiger partial charge in [-0.3, -0.25) is 0 Å². The van der Waals surface area contributed by atoms with Gasteiger partial charge in [0.25, 0.3) is 0 Å². The lowest BCUT2D eigenvalue weighted by Gasteiger charge is -2.21. The molecule has 0 saturated heterocycles. The van der Waals surface area contributed by atoms with Crippen LogP contribution in [0.5, 0.6) is 0 Å². The van der Waals surface area contributed by atoms with Gasteiger partial charge < -0.3 is 15.0 Å².